The first-order valence-electron chi connectivity index (χ1n) is 5.77. The summed E-state index contributed by atoms with van der Waals surface area (Å²) in [6, 6.07) is 0. The molecule has 0 unspecified atom stereocenters. The first kappa shape index (κ1) is 14.0. The van der Waals surface area contributed by atoms with Gasteiger partial charge in [0.05, 0.1) is 13.7 Å². The first-order valence-corrected chi connectivity index (χ1v) is 5.77. The number of methoxy groups -OCH3 is 1. The Labute approximate surface area is 102 Å². The molecule has 17 heavy (non-hydrogen) atoms. The Morgan fingerprint density at radius 1 is 1.59 bits per heavy atom. The number of amides is 1. The van der Waals surface area contributed by atoms with Gasteiger partial charge in [-0.25, -0.2) is 4.79 Å². The highest BCUT2D eigenvalue weighted by atomic mass is 16.5. The molecule has 1 aliphatic rings. The third-order valence-corrected chi connectivity index (χ3v) is 3.23. The second-order valence-electron chi connectivity index (χ2n) is 5.42. The summed E-state index contributed by atoms with van der Waals surface area (Å²) in [4.78, 5) is 24.7. The lowest BCUT2D eigenvalue weighted by Crippen LogP contribution is -2.56. The Hall–Kier alpha value is -1.10. The minimum absolute atomic E-state index is 0.191. The molecule has 5 nitrogen and oxygen atoms in total. The van der Waals surface area contributed by atoms with Crippen molar-refractivity contribution in [3.8, 4) is 0 Å². The van der Waals surface area contributed by atoms with Gasteiger partial charge >= 0.3 is 5.97 Å². The van der Waals surface area contributed by atoms with Gasteiger partial charge in [0.15, 0.2) is 5.54 Å². The molecule has 0 aromatic heterocycles. The van der Waals surface area contributed by atoms with E-state index >= 15 is 0 Å². The highest BCUT2D eigenvalue weighted by Crippen LogP contribution is 2.38. The number of hydrogen-bond donors (Lipinski definition) is 0. The van der Waals surface area contributed by atoms with Crippen LogP contribution in [0.1, 0.15) is 34.1 Å². The van der Waals surface area contributed by atoms with Crippen LogP contribution in [0.5, 0.6) is 0 Å². The smallest absolute Gasteiger partial charge is 0.334 e. The molecule has 0 radical (unpaired) electrons. The van der Waals surface area contributed by atoms with Gasteiger partial charge in [0, 0.05) is 5.41 Å². The number of ether oxygens (including phenoxy) is 2. The van der Waals surface area contributed by atoms with E-state index < -0.39 is 17.7 Å². The summed E-state index contributed by atoms with van der Waals surface area (Å²) in [7, 11) is 1.33. The molecule has 0 spiro atoms. The van der Waals surface area contributed by atoms with E-state index in [1.165, 1.54) is 12.0 Å². The summed E-state index contributed by atoms with van der Waals surface area (Å²) in [5.41, 5.74) is -1.22. The van der Waals surface area contributed by atoms with Crippen molar-refractivity contribution >= 4 is 12.4 Å². The summed E-state index contributed by atoms with van der Waals surface area (Å²) in [6.07, 6.45) is 0.757. The van der Waals surface area contributed by atoms with Crippen molar-refractivity contribution in [1.29, 1.82) is 0 Å². The zero-order valence-electron chi connectivity index (χ0n) is 11.1. The van der Waals surface area contributed by atoms with E-state index in [9.17, 15) is 9.59 Å². The average Bonchev–Trinajstić information content (AvgIpc) is 2.67. The van der Waals surface area contributed by atoms with Crippen LogP contribution < -0.4 is 0 Å². The predicted molar refractivity (Wildman–Crippen MR) is 62.1 cm³/mol. The minimum atomic E-state index is -0.978. The maximum atomic E-state index is 11.9. The zero-order chi connectivity index (χ0) is 13.3. The van der Waals surface area contributed by atoms with Crippen LogP contribution in [0.2, 0.25) is 0 Å². The number of rotatable bonds is 3. The standard InChI is InChI=1S/C12H21NO4/c1-6-12(10(15)16-5)7-17-9(11(2,3)4)13(12)8-14/h8-9H,6-7H2,1-5H3/t9-,12+/m1/s1. The van der Waals surface area contributed by atoms with Crippen molar-refractivity contribution in [1.82, 2.24) is 4.90 Å². The molecule has 1 saturated heterocycles. The van der Waals surface area contributed by atoms with E-state index in [0.29, 0.717) is 12.8 Å². The van der Waals surface area contributed by atoms with Gasteiger partial charge in [-0.15, -0.1) is 0 Å². The van der Waals surface area contributed by atoms with Crippen LogP contribution in [0.3, 0.4) is 0 Å². The maximum Gasteiger partial charge on any atom is 0.334 e. The van der Waals surface area contributed by atoms with Gasteiger partial charge in [-0.3, -0.25) is 9.69 Å². The lowest BCUT2D eigenvalue weighted by molar-refractivity contribution is -0.158. The normalized spacial score (nSPS) is 29.2. The second kappa shape index (κ2) is 4.64. The highest BCUT2D eigenvalue weighted by molar-refractivity contribution is 5.84. The molecule has 1 fully saturated rings. The quantitative estimate of drug-likeness (QED) is 0.551. The Morgan fingerprint density at radius 2 is 2.18 bits per heavy atom. The van der Waals surface area contributed by atoms with E-state index in [0.717, 1.165) is 0 Å². The van der Waals surface area contributed by atoms with Gasteiger partial charge in [0.1, 0.15) is 6.23 Å². The SMILES string of the molecule is CC[C@@]1(C(=O)OC)CO[C@H](C(C)(C)C)N1C=O. The van der Waals surface area contributed by atoms with E-state index in [1.54, 1.807) is 0 Å². The lowest BCUT2D eigenvalue weighted by Gasteiger charge is -2.37. The molecule has 0 aromatic carbocycles. The second-order valence-corrected chi connectivity index (χ2v) is 5.42. The van der Waals surface area contributed by atoms with Crippen molar-refractivity contribution in [2.45, 2.75) is 45.9 Å². The fourth-order valence-electron chi connectivity index (χ4n) is 2.20. The molecule has 1 heterocycles. The van der Waals surface area contributed by atoms with Crippen molar-refractivity contribution < 1.29 is 19.1 Å². The Kier molecular flexibility index (Phi) is 3.81. The van der Waals surface area contributed by atoms with Crippen LogP contribution in [0, 0.1) is 5.41 Å². The van der Waals surface area contributed by atoms with Gasteiger partial charge < -0.3 is 9.47 Å². The van der Waals surface area contributed by atoms with Crippen LogP contribution >= 0.6 is 0 Å². The van der Waals surface area contributed by atoms with Crippen molar-refractivity contribution in [2.75, 3.05) is 13.7 Å². The molecule has 2 atom stereocenters. The van der Waals surface area contributed by atoms with Crippen LogP contribution in [-0.4, -0.2) is 42.8 Å². The Bertz CT molecular complexity index is 310. The largest absolute Gasteiger partial charge is 0.467 e. The molecule has 5 heteroatoms. The van der Waals surface area contributed by atoms with Gasteiger partial charge in [0.25, 0.3) is 0 Å². The highest BCUT2D eigenvalue weighted by Gasteiger charge is 2.55. The fraction of sp³-hybridized carbons (Fsp3) is 0.833. The van der Waals surface area contributed by atoms with Gasteiger partial charge in [0.2, 0.25) is 6.41 Å². The summed E-state index contributed by atoms with van der Waals surface area (Å²) in [5, 5.41) is 0. The van der Waals surface area contributed by atoms with E-state index in [2.05, 4.69) is 0 Å². The van der Waals surface area contributed by atoms with Crippen LogP contribution in [0.25, 0.3) is 0 Å². The summed E-state index contributed by atoms with van der Waals surface area (Å²) >= 11 is 0. The van der Waals surface area contributed by atoms with Crippen molar-refractivity contribution in [3.05, 3.63) is 0 Å². The third kappa shape index (κ3) is 2.16. The molecule has 1 aliphatic heterocycles. The van der Waals surface area contributed by atoms with Crippen molar-refractivity contribution in [2.24, 2.45) is 5.41 Å². The number of nitrogens with zero attached hydrogens (tertiary/aromatic N) is 1. The van der Waals surface area contributed by atoms with Crippen LogP contribution in [0.4, 0.5) is 0 Å². The van der Waals surface area contributed by atoms with Gasteiger partial charge in [-0.2, -0.15) is 0 Å². The predicted octanol–water partition coefficient (Wildman–Crippen LogP) is 1.17. The van der Waals surface area contributed by atoms with E-state index in [1.807, 2.05) is 27.7 Å². The molecule has 0 aliphatic carbocycles. The molecular formula is C12H21NO4. The maximum absolute atomic E-state index is 11.9. The molecule has 0 N–H and O–H groups in total. The number of carbonyl (C=O) groups excluding carboxylic acids is 2. The summed E-state index contributed by atoms with van der Waals surface area (Å²) in [5.74, 6) is -0.418. The molecular weight excluding hydrogens is 222 g/mol. The molecule has 0 bridgehead atoms. The Morgan fingerprint density at radius 3 is 2.53 bits per heavy atom. The topological polar surface area (TPSA) is 55.8 Å². The molecule has 98 valence electrons. The van der Waals surface area contributed by atoms with E-state index in [4.69, 9.17) is 9.47 Å². The monoisotopic (exact) mass is 243 g/mol. The zero-order valence-corrected chi connectivity index (χ0v) is 11.1. The Balaban J connectivity index is 3.11. The first-order chi connectivity index (χ1) is 7.83. The molecule has 1 amide bonds. The van der Waals surface area contributed by atoms with Crippen molar-refractivity contribution in [3.63, 3.8) is 0 Å². The molecule has 0 aromatic rings. The third-order valence-electron chi connectivity index (χ3n) is 3.23. The van der Waals surface area contributed by atoms with Gasteiger partial charge in [-0.05, 0) is 6.42 Å². The summed E-state index contributed by atoms with van der Waals surface area (Å²) in [6.45, 7) is 7.95. The van der Waals surface area contributed by atoms with E-state index in [-0.39, 0.29) is 12.0 Å². The minimum Gasteiger partial charge on any atom is -0.467 e. The van der Waals surface area contributed by atoms with Crippen LogP contribution in [0.15, 0.2) is 0 Å². The number of esters is 1. The molecule has 1 rings (SSSR count). The fourth-order valence-corrected chi connectivity index (χ4v) is 2.20. The van der Waals surface area contributed by atoms with Crippen LogP contribution in [-0.2, 0) is 19.1 Å². The number of carbonyl (C=O) groups is 2. The number of hydrogen-bond acceptors (Lipinski definition) is 4. The average molecular weight is 243 g/mol. The molecule has 0 saturated carbocycles. The summed E-state index contributed by atoms with van der Waals surface area (Å²) < 4.78 is 10.4. The lowest BCUT2D eigenvalue weighted by atomic mass is 9.90. The van der Waals surface area contributed by atoms with Gasteiger partial charge in [-0.1, -0.05) is 27.7 Å².